The Morgan fingerprint density at radius 2 is 1.86 bits per heavy atom. The lowest BCUT2D eigenvalue weighted by atomic mass is 9.97. The summed E-state index contributed by atoms with van der Waals surface area (Å²) < 4.78 is 0. The van der Waals surface area contributed by atoms with Gasteiger partial charge in [-0.2, -0.15) is 0 Å². The quantitative estimate of drug-likeness (QED) is 0.912. The molecule has 5 nitrogen and oxygen atoms in total. The van der Waals surface area contributed by atoms with Crippen LogP contribution in [0.25, 0.3) is 0 Å². The molecule has 112 valence electrons. The molecule has 0 aliphatic carbocycles. The first-order valence-electron chi connectivity index (χ1n) is 7.49. The fourth-order valence-corrected chi connectivity index (χ4v) is 3.14. The van der Waals surface area contributed by atoms with E-state index >= 15 is 0 Å². The van der Waals surface area contributed by atoms with Crippen molar-refractivity contribution in [2.24, 2.45) is 0 Å². The summed E-state index contributed by atoms with van der Waals surface area (Å²) in [5, 5.41) is 9.07. The van der Waals surface area contributed by atoms with Crippen LogP contribution < -0.4 is 0 Å². The number of nitrogens with zero attached hydrogens (tertiary/aromatic N) is 2. The molecule has 21 heavy (non-hydrogen) atoms. The maximum absolute atomic E-state index is 12.2. The van der Waals surface area contributed by atoms with Crippen LogP contribution >= 0.6 is 0 Å². The van der Waals surface area contributed by atoms with Gasteiger partial charge in [-0.3, -0.25) is 9.69 Å². The molecule has 0 radical (unpaired) electrons. The van der Waals surface area contributed by atoms with Crippen molar-refractivity contribution in [1.82, 2.24) is 9.80 Å². The second-order valence-corrected chi connectivity index (χ2v) is 5.84. The van der Waals surface area contributed by atoms with Gasteiger partial charge in [0, 0.05) is 26.2 Å². The maximum Gasteiger partial charge on any atom is 0.335 e. The van der Waals surface area contributed by atoms with Crippen LogP contribution in [-0.4, -0.2) is 53.0 Å². The van der Waals surface area contributed by atoms with Gasteiger partial charge in [-0.25, -0.2) is 4.79 Å². The minimum Gasteiger partial charge on any atom is -0.478 e. The van der Waals surface area contributed by atoms with E-state index in [1.165, 1.54) is 5.56 Å². The lowest BCUT2D eigenvalue weighted by Gasteiger charge is -2.29. The molecule has 3 rings (SSSR count). The van der Waals surface area contributed by atoms with Crippen LogP contribution in [-0.2, 0) is 17.8 Å². The molecular formula is C16H20N2O3. The molecular weight excluding hydrogens is 268 g/mol. The van der Waals surface area contributed by atoms with Gasteiger partial charge in [-0.05, 0) is 42.5 Å². The molecule has 0 aromatic heterocycles. The van der Waals surface area contributed by atoms with Crippen LogP contribution in [0.4, 0.5) is 0 Å². The lowest BCUT2D eigenvalue weighted by molar-refractivity contribution is -0.131. The normalized spacial score (nSPS) is 18.6. The molecule has 0 bridgehead atoms. The van der Waals surface area contributed by atoms with Crippen molar-refractivity contribution in [3.63, 3.8) is 0 Å². The van der Waals surface area contributed by atoms with Gasteiger partial charge >= 0.3 is 5.97 Å². The summed E-state index contributed by atoms with van der Waals surface area (Å²) in [4.78, 5) is 27.3. The number of carbonyl (C=O) groups excluding carboxylic acids is 1. The molecule has 0 spiro atoms. The Bertz CT molecular complexity index is 565. The van der Waals surface area contributed by atoms with Crippen molar-refractivity contribution in [2.75, 3.05) is 26.2 Å². The lowest BCUT2D eigenvalue weighted by Crippen LogP contribution is -2.41. The van der Waals surface area contributed by atoms with Crippen molar-refractivity contribution >= 4 is 11.9 Å². The first-order chi connectivity index (χ1) is 10.1. The number of carboxylic acids is 1. The fraction of sp³-hybridized carbons (Fsp3) is 0.500. The van der Waals surface area contributed by atoms with Crippen molar-refractivity contribution in [3.05, 3.63) is 34.9 Å². The van der Waals surface area contributed by atoms with Gasteiger partial charge in [0.15, 0.2) is 0 Å². The van der Waals surface area contributed by atoms with Crippen molar-refractivity contribution in [3.8, 4) is 0 Å². The van der Waals surface area contributed by atoms with Gasteiger partial charge in [0.05, 0.1) is 12.1 Å². The standard InChI is InChI=1S/C16H20N2O3/c19-15(18-6-1-2-7-18)11-17-8-5-12-3-4-13(16(20)21)9-14(12)10-17/h3-4,9H,1-2,5-8,10-11H2,(H,20,21). The molecule has 1 N–H and O–H groups in total. The minimum atomic E-state index is -0.900. The Labute approximate surface area is 124 Å². The Morgan fingerprint density at radius 1 is 1.10 bits per heavy atom. The molecule has 0 unspecified atom stereocenters. The molecule has 0 atom stereocenters. The van der Waals surface area contributed by atoms with E-state index < -0.39 is 5.97 Å². The summed E-state index contributed by atoms with van der Waals surface area (Å²) in [6, 6.07) is 5.30. The third kappa shape index (κ3) is 3.08. The molecule has 2 aliphatic heterocycles. The topological polar surface area (TPSA) is 60.9 Å². The molecule has 1 amide bonds. The highest BCUT2D eigenvalue weighted by atomic mass is 16.4. The fourth-order valence-electron chi connectivity index (χ4n) is 3.14. The van der Waals surface area contributed by atoms with Crippen molar-refractivity contribution in [2.45, 2.75) is 25.8 Å². The first-order valence-corrected chi connectivity index (χ1v) is 7.49. The average molecular weight is 288 g/mol. The Morgan fingerprint density at radius 3 is 2.57 bits per heavy atom. The highest BCUT2D eigenvalue weighted by Gasteiger charge is 2.23. The van der Waals surface area contributed by atoms with Gasteiger partial charge < -0.3 is 10.0 Å². The van der Waals surface area contributed by atoms with Gasteiger partial charge in [0.25, 0.3) is 0 Å². The first kappa shape index (κ1) is 14.1. The molecule has 2 aliphatic rings. The SMILES string of the molecule is O=C(O)c1ccc2c(c1)CN(CC(=O)N1CCCC1)CC2. The predicted octanol–water partition coefficient (Wildman–Crippen LogP) is 1.37. The molecule has 1 aromatic rings. The number of aromatic carboxylic acids is 1. The predicted molar refractivity (Wildman–Crippen MR) is 78.2 cm³/mol. The van der Waals surface area contributed by atoms with Crippen LogP contribution in [0.2, 0.25) is 0 Å². The molecule has 0 saturated carbocycles. The molecule has 1 fully saturated rings. The number of carbonyl (C=O) groups is 2. The Balaban J connectivity index is 1.67. The van der Waals surface area contributed by atoms with Gasteiger partial charge in [-0.1, -0.05) is 6.07 Å². The maximum atomic E-state index is 12.2. The van der Waals surface area contributed by atoms with Crippen LogP contribution in [0.15, 0.2) is 18.2 Å². The summed E-state index contributed by atoms with van der Waals surface area (Å²) in [6.07, 6.45) is 3.09. The Hall–Kier alpha value is -1.88. The number of benzene rings is 1. The van der Waals surface area contributed by atoms with Crippen LogP contribution in [0.3, 0.4) is 0 Å². The summed E-state index contributed by atoms with van der Waals surface area (Å²) >= 11 is 0. The summed E-state index contributed by atoms with van der Waals surface area (Å²) in [5.41, 5.74) is 2.56. The van der Waals surface area contributed by atoms with E-state index in [1.807, 2.05) is 11.0 Å². The number of hydrogen-bond acceptors (Lipinski definition) is 3. The van der Waals surface area contributed by atoms with Gasteiger partial charge in [0.2, 0.25) is 5.91 Å². The molecule has 5 heteroatoms. The van der Waals surface area contributed by atoms with Crippen LogP contribution in [0.5, 0.6) is 0 Å². The monoisotopic (exact) mass is 288 g/mol. The average Bonchev–Trinajstić information content (AvgIpc) is 3.00. The zero-order valence-corrected chi connectivity index (χ0v) is 12.0. The third-order valence-corrected chi connectivity index (χ3v) is 4.36. The zero-order valence-electron chi connectivity index (χ0n) is 12.0. The number of rotatable bonds is 3. The van der Waals surface area contributed by atoms with E-state index in [0.29, 0.717) is 18.7 Å². The number of likely N-dealkylation sites (tertiary alicyclic amines) is 1. The minimum absolute atomic E-state index is 0.199. The third-order valence-electron chi connectivity index (χ3n) is 4.36. The molecule has 2 heterocycles. The van der Waals surface area contributed by atoms with E-state index in [2.05, 4.69) is 4.90 Å². The molecule has 1 aromatic carbocycles. The largest absolute Gasteiger partial charge is 0.478 e. The second-order valence-electron chi connectivity index (χ2n) is 5.84. The van der Waals surface area contributed by atoms with Gasteiger partial charge in [-0.15, -0.1) is 0 Å². The number of carboxylic acid groups (broad SMARTS) is 1. The smallest absolute Gasteiger partial charge is 0.335 e. The van der Waals surface area contributed by atoms with E-state index in [9.17, 15) is 9.59 Å². The summed E-state index contributed by atoms with van der Waals surface area (Å²) in [6.45, 7) is 3.73. The van der Waals surface area contributed by atoms with E-state index in [-0.39, 0.29) is 5.91 Å². The second kappa shape index (κ2) is 5.85. The highest BCUT2D eigenvalue weighted by molar-refractivity contribution is 5.88. The Kier molecular flexibility index (Phi) is 3.92. The van der Waals surface area contributed by atoms with Crippen LogP contribution in [0, 0.1) is 0 Å². The highest BCUT2D eigenvalue weighted by Crippen LogP contribution is 2.21. The van der Waals surface area contributed by atoms with Crippen molar-refractivity contribution in [1.29, 1.82) is 0 Å². The number of hydrogen-bond donors (Lipinski definition) is 1. The summed E-state index contributed by atoms with van der Waals surface area (Å²) in [7, 11) is 0. The van der Waals surface area contributed by atoms with E-state index in [0.717, 1.165) is 44.5 Å². The number of fused-ring (bicyclic) bond motifs is 1. The van der Waals surface area contributed by atoms with Crippen molar-refractivity contribution < 1.29 is 14.7 Å². The van der Waals surface area contributed by atoms with Gasteiger partial charge in [0.1, 0.15) is 0 Å². The van der Waals surface area contributed by atoms with E-state index in [1.54, 1.807) is 12.1 Å². The summed E-state index contributed by atoms with van der Waals surface area (Å²) in [5.74, 6) is -0.701. The zero-order chi connectivity index (χ0) is 14.8. The number of amides is 1. The van der Waals surface area contributed by atoms with E-state index in [4.69, 9.17) is 5.11 Å². The van der Waals surface area contributed by atoms with Crippen LogP contribution in [0.1, 0.15) is 34.3 Å². The molecule has 1 saturated heterocycles.